The first-order valence-electron chi connectivity index (χ1n) is 5.66. The van der Waals surface area contributed by atoms with Gasteiger partial charge < -0.3 is 14.8 Å². The van der Waals surface area contributed by atoms with E-state index >= 15 is 0 Å². The Hall–Kier alpha value is -1.48. The predicted molar refractivity (Wildman–Crippen MR) is 70.8 cm³/mol. The van der Waals surface area contributed by atoms with Crippen molar-refractivity contribution in [2.75, 3.05) is 21.3 Å². The van der Waals surface area contributed by atoms with E-state index in [1.165, 1.54) is 0 Å². The molecule has 94 valence electrons. The van der Waals surface area contributed by atoms with Crippen molar-refractivity contribution in [2.24, 2.45) is 0 Å². The molecule has 0 aliphatic rings. The zero-order valence-electron chi connectivity index (χ0n) is 11.0. The zero-order chi connectivity index (χ0) is 12.8. The van der Waals surface area contributed by atoms with Gasteiger partial charge >= 0.3 is 0 Å². The lowest BCUT2D eigenvalue weighted by molar-refractivity contribution is 0.385. The van der Waals surface area contributed by atoms with Crippen LogP contribution in [-0.2, 0) is 0 Å². The van der Waals surface area contributed by atoms with Crippen LogP contribution in [0.5, 0.6) is 11.5 Å². The third-order valence-electron chi connectivity index (χ3n) is 2.72. The molecule has 1 aromatic carbocycles. The minimum absolute atomic E-state index is 0.216. The van der Waals surface area contributed by atoms with Gasteiger partial charge in [0.2, 0.25) is 0 Å². The third kappa shape index (κ3) is 3.49. The number of ether oxygens (including phenoxy) is 2. The summed E-state index contributed by atoms with van der Waals surface area (Å²) in [6.45, 7) is 5.98. The SMILES string of the molecule is C=C(C)CC(NC)c1ccc(OC)cc1OC. The van der Waals surface area contributed by atoms with Gasteiger partial charge in [-0.2, -0.15) is 0 Å². The number of rotatable bonds is 6. The summed E-state index contributed by atoms with van der Waals surface area (Å²) in [7, 11) is 5.26. The summed E-state index contributed by atoms with van der Waals surface area (Å²) in [5.41, 5.74) is 2.26. The van der Waals surface area contributed by atoms with Gasteiger partial charge in [-0.15, -0.1) is 6.58 Å². The summed E-state index contributed by atoms with van der Waals surface area (Å²) >= 11 is 0. The van der Waals surface area contributed by atoms with Crippen molar-refractivity contribution in [1.29, 1.82) is 0 Å². The fraction of sp³-hybridized carbons (Fsp3) is 0.429. The number of methoxy groups -OCH3 is 2. The summed E-state index contributed by atoms with van der Waals surface area (Å²) in [6, 6.07) is 6.09. The van der Waals surface area contributed by atoms with Gasteiger partial charge in [-0.1, -0.05) is 11.6 Å². The molecule has 3 heteroatoms. The van der Waals surface area contributed by atoms with Crippen LogP contribution < -0.4 is 14.8 Å². The molecule has 0 saturated carbocycles. The smallest absolute Gasteiger partial charge is 0.127 e. The van der Waals surface area contributed by atoms with Gasteiger partial charge in [0.25, 0.3) is 0 Å². The molecule has 17 heavy (non-hydrogen) atoms. The zero-order valence-corrected chi connectivity index (χ0v) is 11.0. The Bertz CT molecular complexity index is 388. The Morgan fingerprint density at radius 2 is 2.06 bits per heavy atom. The fourth-order valence-electron chi connectivity index (χ4n) is 1.82. The molecule has 1 N–H and O–H groups in total. The highest BCUT2D eigenvalue weighted by Gasteiger charge is 2.15. The second-order valence-corrected chi connectivity index (χ2v) is 4.11. The molecule has 0 saturated heterocycles. The van der Waals surface area contributed by atoms with E-state index in [9.17, 15) is 0 Å². The van der Waals surface area contributed by atoms with Crippen LogP contribution in [0.15, 0.2) is 30.4 Å². The summed E-state index contributed by atoms with van der Waals surface area (Å²) in [5, 5.41) is 3.28. The maximum Gasteiger partial charge on any atom is 0.127 e. The molecule has 1 aromatic rings. The van der Waals surface area contributed by atoms with Crippen LogP contribution >= 0.6 is 0 Å². The van der Waals surface area contributed by atoms with Gasteiger partial charge in [0.05, 0.1) is 14.2 Å². The molecule has 1 unspecified atom stereocenters. The van der Waals surface area contributed by atoms with Crippen LogP contribution in [0, 0.1) is 0 Å². The van der Waals surface area contributed by atoms with Crippen LogP contribution in [0.3, 0.4) is 0 Å². The molecule has 0 spiro atoms. The van der Waals surface area contributed by atoms with Crippen LogP contribution in [0.1, 0.15) is 24.9 Å². The van der Waals surface area contributed by atoms with Crippen LogP contribution in [-0.4, -0.2) is 21.3 Å². The highest BCUT2D eigenvalue weighted by Crippen LogP contribution is 2.31. The monoisotopic (exact) mass is 235 g/mol. The summed E-state index contributed by atoms with van der Waals surface area (Å²) in [6.07, 6.45) is 0.888. The average molecular weight is 235 g/mol. The minimum Gasteiger partial charge on any atom is -0.497 e. The maximum atomic E-state index is 5.40. The quantitative estimate of drug-likeness (QED) is 0.769. The van der Waals surface area contributed by atoms with E-state index in [0.29, 0.717) is 0 Å². The molecule has 0 amide bonds. The van der Waals surface area contributed by atoms with E-state index < -0.39 is 0 Å². The van der Waals surface area contributed by atoms with Crippen molar-refractivity contribution in [3.05, 3.63) is 35.9 Å². The Kier molecular flexibility index (Phi) is 5.04. The third-order valence-corrected chi connectivity index (χ3v) is 2.72. The van der Waals surface area contributed by atoms with E-state index in [4.69, 9.17) is 9.47 Å². The van der Waals surface area contributed by atoms with Crippen molar-refractivity contribution in [1.82, 2.24) is 5.32 Å². The normalized spacial score (nSPS) is 12.0. The molecule has 1 rings (SSSR count). The molecule has 0 fully saturated rings. The van der Waals surface area contributed by atoms with E-state index in [0.717, 1.165) is 29.1 Å². The fourth-order valence-corrected chi connectivity index (χ4v) is 1.82. The lowest BCUT2D eigenvalue weighted by Crippen LogP contribution is -2.17. The van der Waals surface area contributed by atoms with Crippen LogP contribution in [0.25, 0.3) is 0 Å². The van der Waals surface area contributed by atoms with Crippen molar-refractivity contribution in [3.8, 4) is 11.5 Å². The number of hydrogen-bond acceptors (Lipinski definition) is 3. The molecule has 0 aliphatic heterocycles. The molecule has 0 radical (unpaired) electrons. The van der Waals surface area contributed by atoms with Crippen LogP contribution in [0.4, 0.5) is 0 Å². The van der Waals surface area contributed by atoms with Crippen molar-refractivity contribution >= 4 is 0 Å². The van der Waals surface area contributed by atoms with Crippen molar-refractivity contribution in [2.45, 2.75) is 19.4 Å². The topological polar surface area (TPSA) is 30.5 Å². The first-order valence-corrected chi connectivity index (χ1v) is 5.66. The maximum absolute atomic E-state index is 5.40. The largest absolute Gasteiger partial charge is 0.497 e. The second-order valence-electron chi connectivity index (χ2n) is 4.11. The Morgan fingerprint density at radius 1 is 1.35 bits per heavy atom. The lowest BCUT2D eigenvalue weighted by atomic mass is 9.99. The van der Waals surface area contributed by atoms with Crippen molar-refractivity contribution < 1.29 is 9.47 Å². The Balaban J connectivity index is 3.05. The molecular weight excluding hydrogens is 214 g/mol. The number of benzene rings is 1. The molecule has 0 bridgehead atoms. The molecular formula is C14H21NO2. The molecule has 1 atom stereocenters. The summed E-state index contributed by atoms with van der Waals surface area (Å²) in [5.74, 6) is 1.64. The van der Waals surface area contributed by atoms with E-state index in [-0.39, 0.29) is 6.04 Å². The van der Waals surface area contributed by atoms with E-state index in [2.05, 4.69) is 11.9 Å². The molecule has 0 aliphatic carbocycles. The molecule has 3 nitrogen and oxygen atoms in total. The highest BCUT2D eigenvalue weighted by atomic mass is 16.5. The lowest BCUT2D eigenvalue weighted by Gasteiger charge is -2.20. The van der Waals surface area contributed by atoms with Gasteiger partial charge in [-0.25, -0.2) is 0 Å². The molecule has 0 heterocycles. The van der Waals surface area contributed by atoms with E-state index in [1.807, 2.05) is 32.2 Å². The average Bonchev–Trinajstić information content (AvgIpc) is 2.35. The standard InChI is InChI=1S/C14H21NO2/c1-10(2)8-13(15-3)12-7-6-11(16-4)9-14(12)17-5/h6-7,9,13,15H,1,8H2,2-5H3. The van der Waals surface area contributed by atoms with Gasteiger partial charge in [0.1, 0.15) is 11.5 Å². The van der Waals surface area contributed by atoms with Gasteiger partial charge in [0.15, 0.2) is 0 Å². The van der Waals surface area contributed by atoms with Gasteiger partial charge in [0, 0.05) is 17.7 Å². The first-order chi connectivity index (χ1) is 8.12. The van der Waals surface area contributed by atoms with E-state index in [1.54, 1.807) is 14.2 Å². The predicted octanol–water partition coefficient (Wildman–Crippen LogP) is 2.93. The summed E-state index contributed by atoms with van der Waals surface area (Å²) < 4.78 is 10.6. The number of nitrogens with one attached hydrogen (secondary N) is 1. The second kappa shape index (κ2) is 6.30. The highest BCUT2D eigenvalue weighted by molar-refractivity contribution is 5.42. The summed E-state index contributed by atoms with van der Waals surface area (Å²) in [4.78, 5) is 0. The van der Waals surface area contributed by atoms with Crippen molar-refractivity contribution in [3.63, 3.8) is 0 Å². The Morgan fingerprint density at radius 3 is 2.53 bits per heavy atom. The first kappa shape index (κ1) is 13.6. The Labute approximate surface area is 103 Å². The van der Waals surface area contributed by atoms with Gasteiger partial charge in [-0.05, 0) is 26.5 Å². The molecule has 0 aromatic heterocycles. The van der Waals surface area contributed by atoms with Crippen LogP contribution in [0.2, 0.25) is 0 Å². The van der Waals surface area contributed by atoms with Gasteiger partial charge in [-0.3, -0.25) is 0 Å². The minimum atomic E-state index is 0.216. The number of hydrogen-bond donors (Lipinski definition) is 1.